The molecule has 21 heavy (non-hydrogen) atoms. The van der Waals surface area contributed by atoms with Crippen LogP contribution >= 0.6 is 0 Å². The molecule has 2 N–H and O–H groups in total. The van der Waals surface area contributed by atoms with Crippen LogP contribution in [0.3, 0.4) is 0 Å². The molecule has 2 rings (SSSR count). The van der Waals surface area contributed by atoms with Crippen molar-refractivity contribution < 1.29 is 20.7 Å². The van der Waals surface area contributed by atoms with Gasteiger partial charge in [-0.3, -0.25) is 14.3 Å². The SMILES string of the molecule is [2H]C[C@H]1O[C@@H](n2cc(C(=O)OCC)c(=O)[nH]c2=O)C(C)[C@H]1O. The van der Waals surface area contributed by atoms with Crippen LogP contribution in [0.1, 0.15) is 38.7 Å². The van der Waals surface area contributed by atoms with Crippen molar-refractivity contribution >= 4 is 5.97 Å². The smallest absolute Gasteiger partial charge is 0.345 e. The van der Waals surface area contributed by atoms with Crippen molar-refractivity contribution in [1.82, 2.24) is 9.55 Å². The normalized spacial score (nSPS) is 29.2. The van der Waals surface area contributed by atoms with Gasteiger partial charge >= 0.3 is 11.7 Å². The summed E-state index contributed by atoms with van der Waals surface area (Å²) in [5.41, 5.74) is -1.92. The lowest BCUT2D eigenvalue weighted by atomic mass is 10.0. The number of hydrogen-bond donors (Lipinski definition) is 2. The first-order chi connectivity index (χ1) is 10.4. The number of aliphatic hydroxyl groups excluding tert-OH is 1. The number of nitrogens with one attached hydrogen (secondary N) is 1. The summed E-state index contributed by atoms with van der Waals surface area (Å²) in [5.74, 6) is -1.32. The van der Waals surface area contributed by atoms with E-state index in [1.54, 1.807) is 13.8 Å². The van der Waals surface area contributed by atoms with Crippen molar-refractivity contribution in [3.63, 3.8) is 0 Å². The summed E-state index contributed by atoms with van der Waals surface area (Å²) in [4.78, 5) is 37.4. The fourth-order valence-electron chi connectivity index (χ4n) is 2.24. The van der Waals surface area contributed by atoms with E-state index in [0.717, 1.165) is 10.8 Å². The van der Waals surface area contributed by atoms with Crippen molar-refractivity contribution in [3.05, 3.63) is 32.6 Å². The minimum absolute atomic E-state index is 0.0906. The highest BCUT2D eigenvalue weighted by Gasteiger charge is 2.40. The van der Waals surface area contributed by atoms with Crippen LogP contribution in [0, 0.1) is 5.92 Å². The van der Waals surface area contributed by atoms with Gasteiger partial charge in [-0.1, -0.05) is 6.92 Å². The fourth-order valence-corrected chi connectivity index (χ4v) is 2.24. The summed E-state index contributed by atoms with van der Waals surface area (Å²) in [6.45, 7) is 3.18. The molecule has 8 heteroatoms. The Morgan fingerprint density at radius 3 is 2.90 bits per heavy atom. The van der Waals surface area contributed by atoms with Crippen LogP contribution in [-0.4, -0.2) is 39.4 Å². The molecule has 0 aliphatic carbocycles. The van der Waals surface area contributed by atoms with Crippen molar-refractivity contribution in [3.8, 4) is 0 Å². The van der Waals surface area contributed by atoms with E-state index < -0.39 is 41.6 Å². The van der Waals surface area contributed by atoms with E-state index in [9.17, 15) is 19.5 Å². The van der Waals surface area contributed by atoms with Crippen LogP contribution in [-0.2, 0) is 9.47 Å². The second kappa shape index (κ2) is 5.82. The second-order valence-corrected chi connectivity index (χ2v) is 4.84. The standard InChI is InChI=1S/C13H18N2O6/c1-4-20-12(18)8-5-15(13(19)14-10(8)17)11-6(2)9(16)7(3)21-11/h5-7,9,11,16H,4H2,1-3H3,(H,14,17,19)/t6?,7-,9-,11-/m1/s1/i3D. The maximum absolute atomic E-state index is 12.0. The third kappa shape index (κ3) is 2.77. The van der Waals surface area contributed by atoms with Crippen LogP contribution in [0.2, 0.25) is 0 Å². The van der Waals surface area contributed by atoms with Crippen molar-refractivity contribution in [2.24, 2.45) is 5.92 Å². The van der Waals surface area contributed by atoms with Gasteiger partial charge in [0.2, 0.25) is 0 Å². The van der Waals surface area contributed by atoms with Gasteiger partial charge in [0.15, 0.2) is 0 Å². The summed E-state index contributed by atoms with van der Waals surface area (Å²) >= 11 is 0. The first-order valence-electron chi connectivity index (χ1n) is 7.26. The van der Waals surface area contributed by atoms with Gasteiger partial charge in [-0.2, -0.15) is 0 Å². The summed E-state index contributed by atoms with van der Waals surface area (Å²) in [5, 5.41) is 9.97. The number of aromatic amines is 1. The first-order valence-corrected chi connectivity index (χ1v) is 6.56. The molecule has 116 valence electrons. The first kappa shape index (κ1) is 14.0. The van der Waals surface area contributed by atoms with Crippen LogP contribution in [0.15, 0.2) is 15.8 Å². The Bertz CT molecular complexity index is 669. The zero-order chi connectivity index (χ0) is 16.4. The predicted molar refractivity (Wildman–Crippen MR) is 72.0 cm³/mol. The number of H-pyrrole nitrogens is 1. The van der Waals surface area contributed by atoms with Gasteiger partial charge in [0, 0.05) is 13.5 Å². The van der Waals surface area contributed by atoms with Gasteiger partial charge in [-0.05, 0) is 13.8 Å². The van der Waals surface area contributed by atoms with E-state index in [1.165, 1.54) is 0 Å². The average Bonchev–Trinajstić information content (AvgIpc) is 2.75. The molecule has 1 saturated heterocycles. The molecule has 1 aromatic heterocycles. The Morgan fingerprint density at radius 2 is 2.33 bits per heavy atom. The molecule has 2 heterocycles. The summed E-state index contributed by atoms with van der Waals surface area (Å²) in [7, 11) is 0. The topological polar surface area (TPSA) is 111 Å². The highest BCUT2D eigenvalue weighted by molar-refractivity contribution is 5.88. The Hall–Kier alpha value is -1.93. The van der Waals surface area contributed by atoms with Crippen LogP contribution < -0.4 is 11.2 Å². The van der Waals surface area contributed by atoms with Crippen LogP contribution in [0.25, 0.3) is 0 Å². The molecule has 1 fully saturated rings. The number of ether oxygens (including phenoxy) is 2. The van der Waals surface area contributed by atoms with Crippen LogP contribution in [0.4, 0.5) is 0 Å². The third-order valence-electron chi connectivity index (χ3n) is 3.42. The van der Waals surface area contributed by atoms with Crippen LogP contribution in [0.5, 0.6) is 0 Å². The number of esters is 1. The minimum atomic E-state index is -0.910. The van der Waals surface area contributed by atoms with E-state index in [4.69, 9.17) is 10.8 Å². The quantitative estimate of drug-likeness (QED) is 0.737. The molecule has 0 radical (unpaired) electrons. The highest BCUT2D eigenvalue weighted by atomic mass is 16.5. The van der Waals surface area contributed by atoms with E-state index in [0.29, 0.717) is 0 Å². The highest BCUT2D eigenvalue weighted by Crippen LogP contribution is 2.33. The summed E-state index contributed by atoms with van der Waals surface area (Å²) in [6.07, 6.45) is -1.44. The zero-order valence-corrected chi connectivity index (χ0v) is 11.7. The van der Waals surface area contributed by atoms with Gasteiger partial charge in [-0.25, -0.2) is 9.59 Å². The van der Waals surface area contributed by atoms with Crippen molar-refractivity contribution in [2.75, 3.05) is 6.61 Å². The number of nitrogens with zero attached hydrogens (tertiary/aromatic N) is 1. The molecule has 0 spiro atoms. The van der Waals surface area contributed by atoms with E-state index >= 15 is 0 Å². The molecular weight excluding hydrogens is 280 g/mol. The minimum Gasteiger partial charge on any atom is -0.462 e. The van der Waals surface area contributed by atoms with E-state index in [1.807, 2.05) is 4.98 Å². The van der Waals surface area contributed by atoms with Crippen molar-refractivity contribution in [2.45, 2.75) is 39.2 Å². The maximum Gasteiger partial charge on any atom is 0.345 e. The Labute approximate surface area is 121 Å². The van der Waals surface area contributed by atoms with Gasteiger partial charge in [0.25, 0.3) is 5.56 Å². The van der Waals surface area contributed by atoms with E-state index in [2.05, 4.69) is 0 Å². The predicted octanol–water partition coefficient (Wildman–Crippen LogP) is -0.372. The molecule has 4 atom stereocenters. The second-order valence-electron chi connectivity index (χ2n) is 4.84. The largest absolute Gasteiger partial charge is 0.462 e. The monoisotopic (exact) mass is 299 g/mol. The molecule has 0 saturated carbocycles. The molecule has 0 bridgehead atoms. The van der Waals surface area contributed by atoms with Gasteiger partial charge in [-0.15, -0.1) is 0 Å². The fraction of sp³-hybridized carbons (Fsp3) is 0.615. The molecule has 1 aliphatic heterocycles. The van der Waals surface area contributed by atoms with Crippen molar-refractivity contribution in [1.29, 1.82) is 0 Å². The lowest BCUT2D eigenvalue weighted by molar-refractivity contribution is -0.0145. The molecule has 1 unspecified atom stereocenters. The maximum atomic E-state index is 12.0. The lowest BCUT2D eigenvalue weighted by Crippen LogP contribution is -2.37. The van der Waals surface area contributed by atoms with Gasteiger partial charge < -0.3 is 14.6 Å². The number of aromatic nitrogens is 2. The molecule has 8 nitrogen and oxygen atoms in total. The number of carbonyl (C=O) groups is 1. The number of aliphatic hydroxyl groups is 1. The summed E-state index contributed by atoms with van der Waals surface area (Å²) in [6, 6.07) is 0. The van der Waals surface area contributed by atoms with Gasteiger partial charge in [0.05, 0.1) is 18.8 Å². The Kier molecular flexibility index (Phi) is 3.89. The third-order valence-corrected chi connectivity index (χ3v) is 3.42. The average molecular weight is 299 g/mol. The number of carbonyl (C=O) groups excluding carboxylic acids is 1. The molecule has 0 amide bonds. The van der Waals surface area contributed by atoms with E-state index in [-0.39, 0.29) is 19.1 Å². The van der Waals surface area contributed by atoms with Gasteiger partial charge in [0.1, 0.15) is 11.8 Å². The number of rotatable bonds is 3. The Morgan fingerprint density at radius 1 is 1.62 bits per heavy atom. The lowest BCUT2D eigenvalue weighted by Gasteiger charge is -2.18. The Balaban J connectivity index is 2.44. The summed E-state index contributed by atoms with van der Waals surface area (Å²) < 4.78 is 18.6. The molecular formula is C13H18N2O6. The number of hydrogen-bond acceptors (Lipinski definition) is 6. The molecule has 0 aromatic carbocycles. The zero-order valence-electron chi connectivity index (χ0n) is 12.7. The molecule has 1 aromatic rings. The molecule has 1 aliphatic rings.